The van der Waals surface area contributed by atoms with Crippen LogP contribution < -0.4 is 5.32 Å². The van der Waals surface area contributed by atoms with Crippen molar-refractivity contribution >= 4 is 0 Å². The van der Waals surface area contributed by atoms with Crippen molar-refractivity contribution in [3.05, 3.63) is 11.8 Å². The molecule has 1 aromatic heterocycles. The Hall–Kier alpha value is -0.940. The highest BCUT2D eigenvalue weighted by atomic mass is 16.5. The lowest BCUT2D eigenvalue weighted by Gasteiger charge is -2.05. The molecule has 1 aromatic rings. The largest absolute Gasteiger partial charge is 0.425 e. The van der Waals surface area contributed by atoms with E-state index in [4.69, 9.17) is 9.15 Å². The summed E-state index contributed by atoms with van der Waals surface area (Å²) in [6.07, 6.45) is 2.64. The molecular weight excluding hydrogens is 206 g/mol. The van der Waals surface area contributed by atoms with Gasteiger partial charge in [0.1, 0.15) is 0 Å². The fourth-order valence-electron chi connectivity index (χ4n) is 1.53. The van der Waals surface area contributed by atoms with Crippen LogP contribution in [0.3, 0.4) is 0 Å². The monoisotopic (exact) mass is 227 g/mol. The highest BCUT2D eigenvalue weighted by Crippen LogP contribution is 2.08. The van der Waals surface area contributed by atoms with Crippen molar-refractivity contribution in [2.75, 3.05) is 27.3 Å². The molecule has 1 atom stereocenters. The van der Waals surface area contributed by atoms with Crippen LogP contribution in [-0.2, 0) is 17.6 Å². The second-order valence-corrected chi connectivity index (χ2v) is 4.06. The molecule has 0 fully saturated rings. The Kier molecular flexibility index (Phi) is 6.03. The third kappa shape index (κ3) is 4.72. The van der Waals surface area contributed by atoms with E-state index in [0.717, 1.165) is 38.3 Å². The third-order valence-electron chi connectivity index (χ3n) is 2.30. The smallest absolute Gasteiger partial charge is 0.216 e. The quantitative estimate of drug-likeness (QED) is 0.673. The van der Waals surface area contributed by atoms with Crippen LogP contribution in [0.2, 0.25) is 0 Å². The molecule has 0 aliphatic heterocycles. The second-order valence-electron chi connectivity index (χ2n) is 4.06. The van der Waals surface area contributed by atoms with Gasteiger partial charge in [-0.15, -0.1) is 10.2 Å². The zero-order valence-corrected chi connectivity index (χ0v) is 10.3. The SMILES string of the molecule is CNCCCc1nnc(CC(C)COC)o1. The summed E-state index contributed by atoms with van der Waals surface area (Å²) in [5.74, 6) is 1.86. The van der Waals surface area contributed by atoms with Crippen LogP contribution in [0.15, 0.2) is 4.42 Å². The number of aromatic nitrogens is 2. The number of ether oxygens (including phenoxy) is 1. The Morgan fingerprint density at radius 3 is 2.81 bits per heavy atom. The summed E-state index contributed by atoms with van der Waals surface area (Å²) >= 11 is 0. The lowest BCUT2D eigenvalue weighted by molar-refractivity contribution is 0.156. The van der Waals surface area contributed by atoms with E-state index in [1.807, 2.05) is 7.05 Å². The number of methoxy groups -OCH3 is 1. The molecule has 16 heavy (non-hydrogen) atoms. The zero-order valence-electron chi connectivity index (χ0n) is 10.3. The first kappa shape index (κ1) is 13.1. The van der Waals surface area contributed by atoms with E-state index in [0.29, 0.717) is 11.8 Å². The van der Waals surface area contributed by atoms with Crippen LogP contribution in [0, 0.1) is 5.92 Å². The van der Waals surface area contributed by atoms with Gasteiger partial charge in [-0.25, -0.2) is 0 Å². The van der Waals surface area contributed by atoms with E-state index in [9.17, 15) is 0 Å². The van der Waals surface area contributed by atoms with Gasteiger partial charge in [0.05, 0.1) is 0 Å². The van der Waals surface area contributed by atoms with Crippen LogP contribution in [0.4, 0.5) is 0 Å². The van der Waals surface area contributed by atoms with Crippen molar-refractivity contribution in [1.29, 1.82) is 0 Å². The molecule has 0 saturated heterocycles. The molecule has 5 heteroatoms. The highest BCUT2D eigenvalue weighted by Gasteiger charge is 2.10. The lowest BCUT2D eigenvalue weighted by Crippen LogP contribution is -2.08. The Morgan fingerprint density at radius 2 is 2.12 bits per heavy atom. The molecule has 5 nitrogen and oxygen atoms in total. The first-order valence-electron chi connectivity index (χ1n) is 5.71. The summed E-state index contributed by atoms with van der Waals surface area (Å²) in [6, 6.07) is 0. The molecule has 1 N–H and O–H groups in total. The van der Waals surface area contributed by atoms with Gasteiger partial charge in [0.15, 0.2) is 0 Å². The normalized spacial score (nSPS) is 12.9. The van der Waals surface area contributed by atoms with Gasteiger partial charge in [0.2, 0.25) is 11.8 Å². The Morgan fingerprint density at radius 1 is 1.38 bits per heavy atom. The van der Waals surface area contributed by atoms with E-state index in [-0.39, 0.29) is 0 Å². The highest BCUT2D eigenvalue weighted by molar-refractivity contribution is 4.83. The zero-order chi connectivity index (χ0) is 11.8. The topological polar surface area (TPSA) is 60.2 Å². The Balaban J connectivity index is 2.33. The van der Waals surface area contributed by atoms with Crippen LogP contribution in [0.1, 0.15) is 25.1 Å². The van der Waals surface area contributed by atoms with Gasteiger partial charge >= 0.3 is 0 Å². The molecule has 0 aliphatic carbocycles. The van der Waals surface area contributed by atoms with Gasteiger partial charge < -0.3 is 14.5 Å². The number of hydrogen-bond donors (Lipinski definition) is 1. The van der Waals surface area contributed by atoms with Crippen LogP contribution in [0.25, 0.3) is 0 Å². The van der Waals surface area contributed by atoms with E-state index in [2.05, 4.69) is 22.4 Å². The maximum atomic E-state index is 5.54. The molecule has 0 radical (unpaired) electrons. The summed E-state index contributed by atoms with van der Waals surface area (Å²) in [5.41, 5.74) is 0. The molecule has 0 spiro atoms. The predicted octanol–water partition coefficient (Wildman–Crippen LogP) is 1.05. The van der Waals surface area contributed by atoms with E-state index >= 15 is 0 Å². The minimum Gasteiger partial charge on any atom is -0.425 e. The summed E-state index contributed by atoms with van der Waals surface area (Å²) in [4.78, 5) is 0. The average molecular weight is 227 g/mol. The minimum absolute atomic E-state index is 0.413. The third-order valence-corrected chi connectivity index (χ3v) is 2.30. The first-order chi connectivity index (χ1) is 7.76. The fourth-order valence-corrected chi connectivity index (χ4v) is 1.53. The van der Waals surface area contributed by atoms with Gasteiger partial charge in [-0.2, -0.15) is 0 Å². The summed E-state index contributed by atoms with van der Waals surface area (Å²) in [5, 5.41) is 11.1. The molecule has 0 amide bonds. The van der Waals surface area contributed by atoms with Crippen molar-refractivity contribution in [3.63, 3.8) is 0 Å². The number of rotatable bonds is 8. The molecular formula is C11H21N3O2. The van der Waals surface area contributed by atoms with Gasteiger partial charge in [-0.1, -0.05) is 6.92 Å². The summed E-state index contributed by atoms with van der Waals surface area (Å²) in [6.45, 7) is 3.80. The van der Waals surface area contributed by atoms with E-state index < -0.39 is 0 Å². The number of hydrogen-bond acceptors (Lipinski definition) is 5. The lowest BCUT2D eigenvalue weighted by atomic mass is 10.1. The van der Waals surface area contributed by atoms with Crippen LogP contribution in [-0.4, -0.2) is 37.5 Å². The Labute approximate surface area is 96.6 Å². The van der Waals surface area contributed by atoms with Crippen molar-refractivity contribution in [2.24, 2.45) is 5.92 Å². The molecule has 0 bridgehead atoms. The number of nitrogens with zero attached hydrogens (tertiary/aromatic N) is 2. The molecule has 1 rings (SSSR count). The van der Waals surface area contributed by atoms with Gasteiger partial charge in [-0.3, -0.25) is 0 Å². The van der Waals surface area contributed by atoms with Gasteiger partial charge in [0.25, 0.3) is 0 Å². The van der Waals surface area contributed by atoms with Crippen LogP contribution >= 0.6 is 0 Å². The predicted molar refractivity (Wildman–Crippen MR) is 61.3 cm³/mol. The molecule has 1 unspecified atom stereocenters. The molecule has 0 aromatic carbocycles. The van der Waals surface area contributed by atoms with Gasteiger partial charge in [-0.05, 0) is 25.9 Å². The molecule has 1 heterocycles. The maximum absolute atomic E-state index is 5.54. The van der Waals surface area contributed by atoms with Crippen molar-refractivity contribution in [2.45, 2.75) is 26.2 Å². The van der Waals surface area contributed by atoms with E-state index in [1.54, 1.807) is 7.11 Å². The van der Waals surface area contributed by atoms with Crippen LogP contribution in [0.5, 0.6) is 0 Å². The van der Waals surface area contributed by atoms with Crippen molar-refractivity contribution in [3.8, 4) is 0 Å². The average Bonchev–Trinajstić information content (AvgIpc) is 2.66. The molecule has 0 aliphatic rings. The second kappa shape index (κ2) is 7.35. The standard InChI is InChI=1S/C11H21N3O2/c1-9(8-15-3)7-11-14-13-10(16-11)5-4-6-12-2/h9,12H,4-8H2,1-3H3. The van der Waals surface area contributed by atoms with E-state index in [1.165, 1.54) is 0 Å². The van der Waals surface area contributed by atoms with Crippen molar-refractivity contribution < 1.29 is 9.15 Å². The molecule has 92 valence electrons. The number of nitrogens with one attached hydrogen (secondary N) is 1. The Bertz CT molecular complexity index is 289. The molecule has 0 saturated carbocycles. The first-order valence-corrected chi connectivity index (χ1v) is 5.71. The fraction of sp³-hybridized carbons (Fsp3) is 0.818. The van der Waals surface area contributed by atoms with Gasteiger partial charge in [0, 0.05) is 26.6 Å². The maximum Gasteiger partial charge on any atom is 0.216 e. The summed E-state index contributed by atoms with van der Waals surface area (Å²) < 4.78 is 10.6. The minimum atomic E-state index is 0.413. The number of aryl methyl sites for hydroxylation is 1. The summed E-state index contributed by atoms with van der Waals surface area (Å²) in [7, 11) is 3.64. The van der Waals surface area contributed by atoms with Crippen molar-refractivity contribution in [1.82, 2.24) is 15.5 Å².